The molecule has 0 spiro atoms. The Labute approximate surface area is 100 Å². The monoisotopic (exact) mass is 244 g/mol. The van der Waals surface area contributed by atoms with E-state index in [1.807, 2.05) is 6.92 Å². The molecule has 6 nitrogen and oxygen atoms in total. The van der Waals surface area contributed by atoms with E-state index in [1.54, 1.807) is 0 Å². The third-order valence-corrected chi connectivity index (χ3v) is 2.93. The molecule has 1 rings (SSSR count). The average Bonchev–Trinajstić information content (AvgIpc) is 3.08. The number of carbonyl (C=O) groups excluding carboxylic acids is 1. The van der Waals surface area contributed by atoms with Crippen molar-refractivity contribution in [2.75, 3.05) is 6.61 Å². The van der Waals surface area contributed by atoms with Crippen molar-refractivity contribution < 1.29 is 19.8 Å². The molecule has 17 heavy (non-hydrogen) atoms. The van der Waals surface area contributed by atoms with E-state index in [1.165, 1.54) is 12.8 Å². The fourth-order valence-corrected chi connectivity index (χ4v) is 1.65. The first-order chi connectivity index (χ1) is 8.06. The van der Waals surface area contributed by atoms with Crippen molar-refractivity contribution in [2.24, 2.45) is 5.92 Å². The van der Waals surface area contributed by atoms with Gasteiger partial charge in [0.2, 0.25) is 0 Å². The van der Waals surface area contributed by atoms with E-state index < -0.39 is 24.6 Å². The number of hydrogen-bond donors (Lipinski definition) is 4. The number of aliphatic carboxylic acids is 1. The Balaban J connectivity index is 2.32. The van der Waals surface area contributed by atoms with Gasteiger partial charge in [0, 0.05) is 6.04 Å². The number of nitrogens with one attached hydrogen (secondary N) is 2. The smallest absolute Gasteiger partial charge is 0.328 e. The second-order valence-electron chi connectivity index (χ2n) is 4.48. The number of aliphatic hydroxyl groups is 1. The van der Waals surface area contributed by atoms with Gasteiger partial charge in [-0.2, -0.15) is 0 Å². The summed E-state index contributed by atoms with van der Waals surface area (Å²) >= 11 is 0. The lowest BCUT2D eigenvalue weighted by atomic mass is 10.1. The molecular formula is C11H20N2O4. The Morgan fingerprint density at radius 2 is 2.00 bits per heavy atom. The summed E-state index contributed by atoms with van der Waals surface area (Å²) in [5, 5.41) is 22.4. The molecule has 6 heteroatoms. The van der Waals surface area contributed by atoms with E-state index in [0.717, 1.165) is 12.8 Å². The zero-order chi connectivity index (χ0) is 12.8. The number of carboxylic acid groups (broad SMARTS) is 1. The van der Waals surface area contributed by atoms with Crippen LogP contribution >= 0.6 is 0 Å². The number of carbonyl (C=O) groups is 2. The molecule has 98 valence electrons. The topological polar surface area (TPSA) is 98.7 Å². The number of carboxylic acids is 1. The van der Waals surface area contributed by atoms with Crippen LogP contribution in [0.4, 0.5) is 4.79 Å². The minimum atomic E-state index is -1.24. The van der Waals surface area contributed by atoms with E-state index in [0.29, 0.717) is 5.92 Å². The first-order valence-electron chi connectivity index (χ1n) is 5.97. The van der Waals surface area contributed by atoms with Crippen LogP contribution in [0.5, 0.6) is 0 Å². The first kappa shape index (κ1) is 13.8. The summed E-state index contributed by atoms with van der Waals surface area (Å²) in [5.74, 6) is -0.536. The summed E-state index contributed by atoms with van der Waals surface area (Å²) < 4.78 is 0. The zero-order valence-electron chi connectivity index (χ0n) is 9.98. The van der Waals surface area contributed by atoms with Gasteiger partial charge in [0.1, 0.15) is 0 Å². The van der Waals surface area contributed by atoms with Gasteiger partial charge >= 0.3 is 12.0 Å². The Morgan fingerprint density at radius 1 is 1.35 bits per heavy atom. The van der Waals surface area contributed by atoms with Crippen LogP contribution < -0.4 is 10.6 Å². The van der Waals surface area contributed by atoms with Crippen LogP contribution in [0.25, 0.3) is 0 Å². The number of hydrogen-bond acceptors (Lipinski definition) is 3. The lowest BCUT2D eigenvalue weighted by Gasteiger charge is -2.19. The van der Waals surface area contributed by atoms with Crippen LogP contribution in [-0.2, 0) is 4.79 Å². The highest BCUT2D eigenvalue weighted by Crippen LogP contribution is 2.33. The molecule has 2 unspecified atom stereocenters. The van der Waals surface area contributed by atoms with Gasteiger partial charge in [0.25, 0.3) is 0 Å². The van der Waals surface area contributed by atoms with E-state index in [2.05, 4.69) is 10.6 Å². The van der Waals surface area contributed by atoms with Crippen molar-refractivity contribution >= 4 is 12.0 Å². The van der Waals surface area contributed by atoms with Gasteiger partial charge in [-0.1, -0.05) is 19.8 Å². The van der Waals surface area contributed by atoms with Crippen molar-refractivity contribution in [1.82, 2.24) is 10.6 Å². The molecule has 0 bridgehead atoms. The van der Waals surface area contributed by atoms with Gasteiger partial charge in [-0.25, -0.2) is 9.59 Å². The molecule has 0 aliphatic heterocycles. The fourth-order valence-electron chi connectivity index (χ4n) is 1.65. The standard InChI is InChI=1S/C11H20N2O4/c1-2-8(5-7-3-4-7)12-11(17)13-9(6-14)10(15)16/h7-9,14H,2-6H2,1H3,(H,15,16)(H2,12,13,17). The fraction of sp³-hybridized carbons (Fsp3) is 0.818. The number of urea groups is 1. The molecule has 1 fully saturated rings. The summed E-state index contributed by atoms with van der Waals surface area (Å²) in [5.41, 5.74) is 0. The molecule has 0 aromatic heterocycles. The van der Waals surface area contributed by atoms with Crippen molar-refractivity contribution in [2.45, 2.75) is 44.7 Å². The van der Waals surface area contributed by atoms with Crippen LogP contribution in [0, 0.1) is 5.92 Å². The molecule has 0 saturated heterocycles. The highest BCUT2D eigenvalue weighted by atomic mass is 16.4. The molecule has 0 heterocycles. The molecule has 2 atom stereocenters. The van der Waals surface area contributed by atoms with Crippen molar-refractivity contribution in [3.05, 3.63) is 0 Å². The number of rotatable bonds is 7. The minimum absolute atomic E-state index is 0.0793. The number of aliphatic hydroxyl groups excluding tert-OH is 1. The van der Waals surface area contributed by atoms with Crippen molar-refractivity contribution in [3.8, 4) is 0 Å². The zero-order valence-corrected chi connectivity index (χ0v) is 9.98. The maximum atomic E-state index is 11.5. The predicted octanol–water partition coefficient (Wildman–Crippen LogP) is 0.310. The molecule has 0 aromatic carbocycles. The van der Waals surface area contributed by atoms with E-state index in [-0.39, 0.29) is 6.04 Å². The molecule has 1 aliphatic carbocycles. The molecule has 0 aromatic rings. The summed E-state index contributed by atoms with van der Waals surface area (Å²) in [4.78, 5) is 22.1. The van der Waals surface area contributed by atoms with E-state index in [4.69, 9.17) is 10.2 Å². The van der Waals surface area contributed by atoms with Crippen molar-refractivity contribution in [3.63, 3.8) is 0 Å². The summed E-state index contributed by atoms with van der Waals surface area (Å²) in [6.07, 6.45) is 4.20. The number of amides is 2. The lowest BCUT2D eigenvalue weighted by molar-refractivity contribution is -0.140. The molecule has 1 saturated carbocycles. The predicted molar refractivity (Wildman–Crippen MR) is 61.6 cm³/mol. The first-order valence-corrected chi connectivity index (χ1v) is 5.97. The molecular weight excluding hydrogens is 224 g/mol. The molecule has 2 amide bonds. The Bertz CT molecular complexity index is 279. The quantitative estimate of drug-likeness (QED) is 0.518. The SMILES string of the molecule is CCC(CC1CC1)NC(=O)NC(CO)C(=O)O. The van der Waals surface area contributed by atoms with Gasteiger partial charge in [-0.15, -0.1) is 0 Å². The summed E-state index contributed by atoms with van der Waals surface area (Å²) in [7, 11) is 0. The van der Waals surface area contributed by atoms with Crippen LogP contribution in [0.15, 0.2) is 0 Å². The Hall–Kier alpha value is -1.30. The molecule has 1 aliphatic rings. The van der Waals surface area contributed by atoms with Gasteiger partial charge in [0.15, 0.2) is 6.04 Å². The second kappa shape index (κ2) is 6.44. The molecule has 0 radical (unpaired) electrons. The van der Waals surface area contributed by atoms with Crippen LogP contribution in [0.1, 0.15) is 32.6 Å². The van der Waals surface area contributed by atoms with Crippen LogP contribution in [0.3, 0.4) is 0 Å². The third-order valence-electron chi connectivity index (χ3n) is 2.93. The largest absolute Gasteiger partial charge is 0.480 e. The Kier molecular flexibility index (Phi) is 5.21. The summed E-state index contributed by atoms with van der Waals surface area (Å²) in [6, 6.07) is -1.69. The highest BCUT2D eigenvalue weighted by Gasteiger charge is 2.26. The minimum Gasteiger partial charge on any atom is -0.480 e. The molecule has 4 N–H and O–H groups in total. The van der Waals surface area contributed by atoms with Gasteiger partial charge in [0.05, 0.1) is 6.61 Å². The highest BCUT2D eigenvalue weighted by molar-refractivity contribution is 5.82. The second-order valence-corrected chi connectivity index (χ2v) is 4.48. The van der Waals surface area contributed by atoms with Gasteiger partial charge < -0.3 is 20.8 Å². The normalized spacial score (nSPS) is 18.2. The maximum absolute atomic E-state index is 11.5. The van der Waals surface area contributed by atoms with Crippen LogP contribution in [0.2, 0.25) is 0 Å². The van der Waals surface area contributed by atoms with Gasteiger partial charge in [-0.05, 0) is 18.8 Å². The lowest BCUT2D eigenvalue weighted by Crippen LogP contribution is -2.50. The average molecular weight is 244 g/mol. The van der Waals surface area contributed by atoms with Crippen molar-refractivity contribution in [1.29, 1.82) is 0 Å². The van der Waals surface area contributed by atoms with Gasteiger partial charge in [-0.3, -0.25) is 0 Å². The van der Waals surface area contributed by atoms with E-state index in [9.17, 15) is 9.59 Å². The summed E-state index contributed by atoms with van der Waals surface area (Å²) in [6.45, 7) is 1.37. The Morgan fingerprint density at radius 3 is 2.41 bits per heavy atom. The third kappa shape index (κ3) is 5.04. The van der Waals surface area contributed by atoms with Crippen LogP contribution in [-0.4, -0.2) is 40.9 Å². The van der Waals surface area contributed by atoms with E-state index >= 15 is 0 Å². The maximum Gasteiger partial charge on any atom is 0.328 e.